The number of anilines is 1. The van der Waals surface area contributed by atoms with Gasteiger partial charge in [-0.25, -0.2) is 4.68 Å². The lowest BCUT2D eigenvalue weighted by molar-refractivity contribution is -0.128. The van der Waals surface area contributed by atoms with Crippen LogP contribution in [0.3, 0.4) is 0 Å². The van der Waals surface area contributed by atoms with Crippen LogP contribution in [0.25, 0.3) is 11.0 Å². The maximum atomic E-state index is 14.2. The Kier molecular flexibility index (Phi) is 8.18. The van der Waals surface area contributed by atoms with Crippen LogP contribution < -0.4 is 19.7 Å². The highest BCUT2D eigenvalue weighted by molar-refractivity contribution is 6.02. The highest BCUT2D eigenvalue weighted by Gasteiger charge is 2.36. The van der Waals surface area contributed by atoms with Gasteiger partial charge in [-0.15, -0.1) is 5.10 Å². The SMILES string of the molecule is CCC(C)(C)NC(=O)[C@H](c1ccc(OC)c(OC)c1)N(C(=O)Cn1nnc2ccccc21)c1ccccc1C. The van der Waals surface area contributed by atoms with Crippen LogP contribution in [-0.4, -0.2) is 46.6 Å². The van der Waals surface area contributed by atoms with Crippen LogP contribution in [0.2, 0.25) is 0 Å². The summed E-state index contributed by atoms with van der Waals surface area (Å²) in [5.41, 5.74) is 2.98. The van der Waals surface area contributed by atoms with Crippen molar-refractivity contribution in [3.05, 3.63) is 77.9 Å². The van der Waals surface area contributed by atoms with Crippen LogP contribution in [0.15, 0.2) is 66.7 Å². The molecule has 204 valence electrons. The van der Waals surface area contributed by atoms with E-state index in [0.717, 1.165) is 11.1 Å². The van der Waals surface area contributed by atoms with E-state index < -0.39 is 11.6 Å². The molecule has 4 rings (SSSR count). The number of aryl methyl sites for hydroxylation is 1. The number of hydrogen-bond acceptors (Lipinski definition) is 6. The molecule has 9 heteroatoms. The minimum absolute atomic E-state index is 0.108. The van der Waals surface area contributed by atoms with E-state index in [0.29, 0.717) is 34.7 Å². The lowest BCUT2D eigenvalue weighted by Crippen LogP contribution is -2.51. The van der Waals surface area contributed by atoms with Crippen molar-refractivity contribution in [2.45, 2.75) is 52.2 Å². The van der Waals surface area contributed by atoms with E-state index in [9.17, 15) is 9.59 Å². The van der Waals surface area contributed by atoms with Crippen molar-refractivity contribution in [3.63, 3.8) is 0 Å². The normalized spacial score (nSPS) is 12.2. The molecule has 1 atom stereocenters. The number of fused-ring (bicyclic) bond motifs is 1. The fourth-order valence-electron chi connectivity index (χ4n) is 4.42. The molecule has 3 aromatic carbocycles. The highest BCUT2D eigenvalue weighted by Crippen LogP contribution is 2.36. The van der Waals surface area contributed by atoms with E-state index in [1.54, 1.807) is 34.9 Å². The molecule has 1 heterocycles. The van der Waals surface area contributed by atoms with Gasteiger partial charge in [0, 0.05) is 11.2 Å². The smallest absolute Gasteiger partial charge is 0.249 e. The Morgan fingerprint density at radius 2 is 1.69 bits per heavy atom. The first-order valence-electron chi connectivity index (χ1n) is 12.9. The van der Waals surface area contributed by atoms with Gasteiger partial charge in [-0.05, 0) is 68.7 Å². The number of nitrogens with zero attached hydrogens (tertiary/aromatic N) is 4. The van der Waals surface area contributed by atoms with Crippen molar-refractivity contribution in [3.8, 4) is 11.5 Å². The average Bonchev–Trinajstić information content (AvgIpc) is 3.34. The molecule has 0 saturated carbocycles. The van der Waals surface area contributed by atoms with E-state index >= 15 is 0 Å². The largest absolute Gasteiger partial charge is 0.493 e. The molecular weight excluding hydrogens is 494 g/mol. The van der Waals surface area contributed by atoms with Crippen molar-refractivity contribution in [1.29, 1.82) is 0 Å². The topological polar surface area (TPSA) is 98.6 Å². The number of carbonyl (C=O) groups is 2. The molecule has 0 fully saturated rings. The monoisotopic (exact) mass is 529 g/mol. The summed E-state index contributed by atoms with van der Waals surface area (Å²) in [6.45, 7) is 7.73. The third kappa shape index (κ3) is 5.87. The quantitative estimate of drug-likeness (QED) is 0.316. The Balaban J connectivity index is 1.88. The van der Waals surface area contributed by atoms with E-state index in [4.69, 9.17) is 9.47 Å². The highest BCUT2D eigenvalue weighted by atomic mass is 16.5. The minimum Gasteiger partial charge on any atom is -0.493 e. The van der Waals surface area contributed by atoms with Gasteiger partial charge >= 0.3 is 0 Å². The van der Waals surface area contributed by atoms with E-state index in [1.807, 2.05) is 76.2 Å². The zero-order chi connectivity index (χ0) is 28.2. The number of amides is 2. The standard InChI is InChI=1S/C30H35N5O4/c1-7-30(3,4)31-29(37)28(21-16-17-25(38-5)26(18-21)39-6)35(23-14-10-8-12-20(23)2)27(36)19-34-24-15-11-9-13-22(24)32-33-34/h8-18,28H,7,19H2,1-6H3,(H,31,37)/t28-/m0/s1. The van der Waals surface area contributed by atoms with Crippen molar-refractivity contribution in [1.82, 2.24) is 20.3 Å². The van der Waals surface area contributed by atoms with Gasteiger partial charge in [0.05, 0.1) is 19.7 Å². The van der Waals surface area contributed by atoms with E-state index in [-0.39, 0.29) is 18.4 Å². The van der Waals surface area contributed by atoms with Gasteiger partial charge in [0.25, 0.3) is 0 Å². The zero-order valence-corrected chi connectivity index (χ0v) is 23.3. The summed E-state index contributed by atoms with van der Waals surface area (Å²) >= 11 is 0. The number of rotatable bonds is 10. The number of para-hydroxylation sites is 2. The maximum absolute atomic E-state index is 14.2. The Bertz CT molecular complexity index is 1480. The van der Waals surface area contributed by atoms with Crippen LogP contribution >= 0.6 is 0 Å². The second-order valence-electron chi connectivity index (χ2n) is 10.0. The molecule has 0 saturated heterocycles. The predicted molar refractivity (Wildman–Crippen MR) is 151 cm³/mol. The number of ether oxygens (including phenoxy) is 2. The van der Waals surface area contributed by atoms with E-state index in [1.165, 1.54) is 7.11 Å². The Hall–Kier alpha value is -4.40. The van der Waals surface area contributed by atoms with Crippen molar-refractivity contribution in [2.24, 2.45) is 0 Å². The van der Waals surface area contributed by atoms with Gasteiger partial charge in [0.1, 0.15) is 18.1 Å². The fraction of sp³-hybridized carbons (Fsp3) is 0.333. The lowest BCUT2D eigenvalue weighted by Gasteiger charge is -2.35. The molecule has 1 aromatic heterocycles. The number of benzene rings is 3. The molecule has 2 amide bonds. The first-order valence-corrected chi connectivity index (χ1v) is 12.9. The lowest BCUT2D eigenvalue weighted by atomic mass is 9.97. The maximum Gasteiger partial charge on any atom is 0.249 e. The predicted octanol–water partition coefficient (Wildman–Crippen LogP) is 4.84. The summed E-state index contributed by atoms with van der Waals surface area (Å²) in [6, 6.07) is 19.2. The average molecular weight is 530 g/mol. The number of nitrogens with one attached hydrogen (secondary N) is 1. The Morgan fingerprint density at radius 3 is 2.38 bits per heavy atom. The first kappa shape index (κ1) is 27.6. The number of methoxy groups -OCH3 is 2. The number of carbonyl (C=O) groups excluding carboxylic acids is 2. The summed E-state index contributed by atoms with van der Waals surface area (Å²) in [5.74, 6) is 0.359. The van der Waals surface area contributed by atoms with Gasteiger partial charge in [-0.3, -0.25) is 14.5 Å². The minimum atomic E-state index is -1.00. The molecule has 0 bridgehead atoms. The summed E-state index contributed by atoms with van der Waals surface area (Å²) in [4.78, 5) is 29.9. The second kappa shape index (κ2) is 11.6. The zero-order valence-electron chi connectivity index (χ0n) is 23.3. The van der Waals surface area contributed by atoms with Crippen LogP contribution in [0.4, 0.5) is 5.69 Å². The number of aromatic nitrogens is 3. The molecule has 0 spiro atoms. The Morgan fingerprint density at radius 1 is 1.00 bits per heavy atom. The van der Waals surface area contributed by atoms with Crippen molar-refractivity contribution < 1.29 is 19.1 Å². The second-order valence-corrected chi connectivity index (χ2v) is 10.0. The van der Waals surface area contributed by atoms with Crippen molar-refractivity contribution in [2.75, 3.05) is 19.1 Å². The first-order chi connectivity index (χ1) is 18.7. The van der Waals surface area contributed by atoms with Gasteiger partial charge in [0.15, 0.2) is 11.5 Å². The molecule has 0 aliphatic rings. The van der Waals surface area contributed by atoms with Crippen LogP contribution in [-0.2, 0) is 16.1 Å². The van der Waals surface area contributed by atoms with Crippen LogP contribution in [0, 0.1) is 6.92 Å². The Labute approximate surface area is 228 Å². The molecular formula is C30H35N5O4. The molecule has 1 N–H and O–H groups in total. The molecule has 0 aliphatic heterocycles. The molecule has 0 radical (unpaired) electrons. The molecule has 4 aromatic rings. The fourth-order valence-corrected chi connectivity index (χ4v) is 4.42. The van der Waals surface area contributed by atoms with Gasteiger partial charge in [-0.1, -0.05) is 48.5 Å². The van der Waals surface area contributed by atoms with Crippen molar-refractivity contribution >= 4 is 28.5 Å². The third-order valence-corrected chi connectivity index (χ3v) is 6.92. The van der Waals surface area contributed by atoms with Gasteiger partial charge in [0.2, 0.25) is 11.8 Å². The molecule has 39 heavy (non-hydrogen) atoms. The van der Waals surface area contributed by atoms with Crippen LogP contribution in [0.5, 0.6) is 11.5 Å². The van der Waals surface area contributed by atoms with E-state index in [2.05, 4.69) is 15.6 Å². The third-order valence-electron chi connectivity index (χ3n) is 6.92. The van der Waals surface area contributed by atoms with Crippen LogP contribution in [0.1, 0.15) is 44.4 Å². The van der Waals surface area contributed by atoms with Gasteiger partial charge in [-0.2, -0.15) is 0 Å². The summed E-state index contributed by atoms with van der Waals surface area (Å²) < 4.78 is 12.5. The van der Waals surface area contributed by atoms with Gasteiger partial charge < -0.3 is 14.8 Å². The summed E-state index contributed by atoms with van der Waals surface area (Å²) in [5, 5.41) is 11.6. The summed E-state index contributed by atoms with van der Waals surface area (Å²) in [6.07, 6.45) is 0.709. The molecule has 0 aliphatic carbocycles. The summed E-state index contributed by atoms with van der Waals surface area (Å²) in [7, 11) is 3.09. The number of hydrogen-bond donors (Lipinski definition) is 1. The molecule has 0 unspecified atom stereocenters. The molecule has 9 nitrogen and oxygen atoms in total.